The van der Waals surface area contributed by atoms with Crippen molar-refractivity contribution >= 4 is 27.8 Å². The maximum absolute atomic E-state index is 12.8. The summed E-state index contributed by atoms with van der Waals surface area (Å²) in [6, 6.07) is 15.9. The molecule has 0 saturated carbocycles. The SMILES string of the molecule is Cc1ccc2[nH]c3c(=O)n(CC(=O)NC[C@@H](C)c4ccccc4)cnc3c2c1. The molecule has 6 nitrogen and oxygen atoms in total. The molecule has 1 atom stereocenters. The molecule has 2 N–H and O–H groups in total. The molecule has 0 aliphatic rings. The normalized spacial score (nSPS) is 12.4. The number of nitrogens with zero attached hydrogens (tertiary/aromatic N) is 2. The molecule has 0 unspecified atom stereocenters. The van der Waals surface area contributed by atoms with Gasteiger partial charge in [-0.15, -0.1) is 0 Å². The third-order valence-corrected chi connectivity index (χ3v) is 5.02. The predicted octanol–water partition coefficient (Wildman–Crippen LogP) is 3.11. The second kappa shape index (κ2) is 7.31. The molecule has 0 fully saturated rings. The minimum Gasteiger partial charge on any atom is -0.354 e. The van der Waals surface area contributed by atoms with Gasteiger partial charge in [-0.3, -0.25) is 14.2 Å². The fraction of sp³-hybridized carbons (Fsp3) is 0.227. The molecule has 0 aliphatic heterocycles. The van der Waals surface area contributed by atoms with Crippen LogP contribution in [-0.2, 0) is 11.3 Å². The minimum atomic E-state index is -0.245. The first-order valence-electron chi connectivity index (χ1n) is 9.32. The van der Waals surface area contributed by atoms with Crippen LogP contribution in [0.5, 0.6) is 0 Å². The summed E-state index contributed by atoms with van der Waals surface area (Å²) in [4.78, 5) is 32.7. The van der Waals surface area contributed by atoms with Crippen LogP contribution in [0.2, 0.25) is 0 Å². The van der Waals surface area contributed by atoms with E-state index < -0.39 is 0 Å². The molecule has 1 amide bonds. The number of benzene rings is 2. The van der Waals surface area contributed by atoms with E-state index in [1.54, 1.807) is 0 Å². The smallest absolute Gasteiger partial charge is 0.278 e. The number of aryl methyl sites for hydroxylation is 1. The Hall–Kier alpha value is -3.41. The number of aromatic amines is 1. The van der Waals surface area contributed by atoms with Crippen molar-refractivity contribution in [2.24, 2.45) is 0 Å². The monoisotopic (exact) mass is 374 g/mol. The summed E-state index contributed by atoms with van der Waals surface area (Å²) < 4.78 is 1.34. The maximum atomic E-state index is 12.8. The Bertz CT molecular complexity index is 1210. The molecule has 0 aliphatic carbocycles. The van der Waals surface area contributed by atoms with Gasteiger partial charge in [0, 0.05) is 17.4 Å². The van der Waals surface area contributed by atoms with Crippen molar-refractivity contribution in [1.82, 2.24) is 19.9 Å². The number of hydrogen-bond acceptors (Lipinski definition) is 3. The van der Waals surface area contributed by atoms with Crippen LogP contribution in [-0.4, -0.2) is 27.0 Å². The van der Waals surface area contributed by atoms with Gasteiger partial charge in [-0.25, -0.2) is 4.98 Å². The van der Waals surface area contributed by atoms with E-state index in [1.165, 1.54) is 10.9 Å². The Morgan fingerprint density at radius 1 is 1.21 bits per heavy atom. The average Bonchev–Trinajstić information content (AvgIpc) is 3.07. The van der Waals surface area contributed by atoms with Crippen LogP contribution in [0.3, 0.4) is 0 Å². The Morgan fingerprint density at radius 3 is 2.79 bits per heavy atom. The summed E-state index contributed by atoms with van der Waals surface area (Å²) >= 11 is 0. The van der Waals surface area contributed by atoms with E-state index in [0.29, 0.717) is 17.6 Å². The molecule has 2 aromatic heterocycles. The van der Waals surface area contributed by atoms with Crippen LogP contribution < -0.4 is 10.9 Å². The third kappa shape index (κ3) is 3.41. The van der Waals surface area contributed by atoms with Gasteiger partial charge in [0.05, 0.1) is 6.33 Å². The van der Waals surface area contributed by atoms with E-state index in [4.69, 9.17) is 0 Å². The number of hydrogen-bond donors (Lipinski definition) is 2. The third-order valence-electron chi connectivity index (χ3n) is 5.02. The molecule has 6 heteroatoms. The first kappa shape index (κ1) is 18.0. The van der Waals surface area contributed by atoms with E-state index >= 15 is 0 Å². The highest BCUT2D eigenvalue weighted by Crippen LogP contribution is 2.22. The predicted molar refractivity (Wildman–Crippen MR) is 110 cm³/mol. The molecule has 0 radical (unpaired) electrons. The number of carbonyl (C=O) groups excluding carboxylic acids is 1. The number of H-pyrrole nitrogens is 1. The zero-order valence-electron chi connectivity index (χ0n) is 15.9. The number of fused-ring (bicyclic) bond motifs is 3. The van der Waals surface area contributed by atoms with Crippen LogP contribution in [0, 0.1) is 6.92 Å². The molecule has 0 bridgehead atoms. The first-order chi connectivity index (χ1) is 13.5. The van der Waals surface area contributed by atoms with Gasteiger partial charge in [0.2, 0.25) is 5.91 Å². The molecule has 0 saturated heterocycles. The van der Waals surface area contributed by atoms with E-state index in [9.17, 15) is 9.59 Å². The number of nitrogens with one attached hydrogen (secondary N) is 2. The number of rotatable bonds is 5. The van der Waals surface area contributed by atoms with E-state index in [0.717, 1.165) is 22.0 Å². The summed E-state index contributed by atoms with van der Waals surface area (Å²) in [5.74, 6) is -0.0163. The van der Waals surface area contributed by atoms with Crippen molar-refractivity contribution in [3.63, 3.8) is 0 Å². The largest absolute Gasteiger partial charge is 0.354 e. The second-order valence-corrected chi connectivity index (χ2v) is 7.19. The lowest BCUT2D eigenvalue weighted by Crippen LogP contribution is -2.34. The van der Waals surface area contributed by atoms with Crippen LogP contribution in [0.1, 0.15) is 24.0 Å². The van der Waals surface area contributed by atoms with Gasteiger partial charge in [0.25, 0.3) is 5.56 Å². The molecule has 28 heavy (non-hydrogen) atoms. The highest BCUT2D eigenvalue weighted by molar-refractivity contribution is 6.04. The quantitative estimate of drug-likeness (QED) is 0.563. The fourth-order valence-corrected chi connectivity index (χ4v) is 3.39. The van der Waals surface area contributed by atoms with Gasteiger partial charge in [-0.2, -0.15) is 0 Å². The average molecular weight is 374 g/mol. The van der Waals surface area contributed by atoms with Crippen LogP contribution in [0.4, 0.5) is 0 Å². The lowest BCUT2D eigenvalue weighted by molar-refractivity contribution is -0.121. The van der Waals surface area contributed by atoms with E-state index in [1.807, 2.05) is 55.5 Å². The van der Waals surface area contributed by atoms with Crippen molar-refractivity contribution in [2.45, 2.75) is 26.3 Å². The lowest BCUT2D eigenvalue weighted by atomic mass is 10.0. The van der Waals surface area contributed by atoms with Crippen LogP contribution in [0.25, 0.3) is 21.9 Å². The van der Waals surface area contributed by atoms with Crippen molar-refractivity contribution in [3.05, 3.63) is 76.3 Å². The number of carbonyl (C=O) groups is 1. The van der Waals surface area contributed by atoms with Crippen LogP contribution >= 0.6 is 0 Å². The Morgan fingerprint density at radius 2 is 2.00 bits per heavy atom. The summed E-state index contributed by atoms with van der Waals surface area (Å²) in [5, 5.41) is 3.82. The van der Waals surface area contributed by atoms with Gasteiger partial charge >= 0.3 is 0 Å². The topological polar surface area (TPSA) is 79.8 Å². The van der Waals surface area contributed by atoms with Crippen molar-refractivity contribution in [1.29, 1.82) is 0 Å². The minimum absolute atomic E-state index is 0.0579. The fourth-order valence-electron chi connectivity index (χ4n) is 3.39. The first-order valence-corrected chi connectivity index (χ1v) is 9.32. The van der Waals surface area contributed by atoms with Crippen molar-refractivity contribution in [2.75, 3.05) is 6.54 Å². The molecule has 2 aromatic carbocycles. The summed E-state index contributed by atoms with van der Waals surface area (Å²) in [6.07, 6.45) is 1.44. The molecule has 4 aromatic rings. The standard InChI is InChI=1S/C22H22N4O2/c1-14-8-9-18-17(10-14)20-21(25-18)22(28)26(13-24-20)12-19(27)23-11-15(2)16-6-4-3-5-7-16/h3-10,13,15,25H,11-12H2,1-2H3,(H,23,27)/t15-/m1/s1. The van der Waals surface area contributed by atoms with Crippen LogP contribution in [0.15, 0.2) is 59.7 Å². The maximum Gasteiger partial charge on any atom is 0.278 e. The van der Waals surface area contributed by atoms with Gasteiger partial charge < -0.3 is 10.3 Å². The molecule has 0 spiro atoms. The molecule has 2 heterocycles. The number of amides is 1. The van der Waals surface area contributed by atoms with E-state index in [2.05, 4.69) is 22.2 Å². The molecule has 4 rings (SSSR count). The van der Waals surface area contributed by atoms with E-state index in [-0.39, 0.29) is 23.9 Å². The molecular weight excluding hydrogens is 352 g/mol. The van der Waals surface area contributed by atoms with Gasteiger partial charge in [0.15, 0.2) is 0 Å². The van der Waals surface area contributed by atoms with Gasteiger partial charge in [-0.1, -0.05) is 48.9 Å². The Labute approximate surface area is 162 Å². The zero-order valence-corrected chi connectivity index (χ0v) is 15.9. The summed E-state index contributed by atoms with van der Waals surface area (Å²) in [6.45, 7) is 4.51. The zero-order chi connectivity index (χ0) is 19.7. The Balaban J connectivity index is 1.51. The highest BCUT2D eigenvalue weighted by Gasteiger charge is 2.13. The van der Waals surface area contributed by atoms with Gasteiger partial charge in [0.1, 0.15) is 17.6 Å². The highest BCUT2D eigenvalue weighted by atomic mass is 16.2. The Kier molecular flexibility index (Phi) is 4.69. The number of aromatic nitrogens is 3. The lowest BCUT2D eigenvalue weighted by Gasteiger charge is -2.13. The summed E-state index contributed by atoms with van der Waals surface area (Å²) in [5.41, 5.74) is 3.95. The summed E-state index contributed by atoms with van der Waals surface area (Å²) in [7, 11) is 0. The van der Waals surface area contributed by atoms with Gasteiger partial charge in [-0.05, 0) is 30.5 Å². The molecular formula is C22H22N4O2. The second-order valence-electron chi connectivity index (χ2n) is 7.19. The molecule has 142 valence electrons. The van der Waals surface area contributed by atoms with Crippen molar-refractivity contribution < 1.29 is 4.79 Å². The van der Waals surface area contributed by atoms with Crippen molar-refractivity contribution in [3.8, 4) is 0 Å².